The maximum absolute atomic E-state index is 11.7. The predicted molar refractivity (Wildman–Crippen MR) is 71.6 cm³/mol. The second-order valence-corrected chi connectivity index (χ2v) is 3.77. The molecule has 4 N–H and O–H groups in total. The molecular weight excluding hydrogens is 244 g/mol. The molecule has 0 unspecified atom stereocenters. The normalized spacial score (nSPS) is 9.68. The highest BCUT2D eigenvalue weighted by atomic mass is 16.2. The number of carbonyl (C=O) groups is 2. The van der Waals surface area contributed by atoms with Gasteiger partial charge >= 0.3 is 6.03 Å². The zero-order valence-electron chi connectivity index (χ0n) is 9.96. The largest absolute Gasteiger partial charge is 0.399 e. The number of carbonyl (C=O) groups excluding carboxylic acids is 2. The van der Waals surface area contributed by atoms with Crippen LogP contribution in [0, 0.1) is 0 Å². The molecule has 0 aliphatic heterocycles. The summed E-state index contributed by atoms with van der Waals surface area (Å²) in [5, 5.41) is 4.73. The van der Waals surface area contributed by atoms with Crippen molar-refractivity contribution in [3.63, 3.8) is 0 Å². The number of amides is 3. The number of imide groups is 1. The Balaban J connectivity index is 1.95. The van der Waals surface area contributed by atoms with Gasteiger partial charge in [0.05, 0.1) is 0 Å². The summed E-state index contributed by atoms with van der Waals surface area (Å²) >= 11 is 0. The molecule has 0 spiro atoms. The molecule has 0 aliphatic carbocycles. The Morgan fingerprint density at radius 3 is 2.26 bits per heavy atom. The van der Waals surface area contributed by atoms with Crippen molar-refractivity contribution in [2.75, 3.05) is 11.1 Å². The quantitative estimate of drug-likeness (QED) is 0.711. The Morgan fingerprint density at radius 1 is 1.00 bits per heavy atom. The van der Waals surface area contributed by atoms with E-state index in [0.29, 0.717) is 16.9 Å². The molecule has 3 amide bonds. The average molecular weight is 256 g/mol. The molecule has 0 saturated carbocycles. The lowest BCUT2D eigenvalue weighted by Gasteiger charge is -2.06. The number of nitrogens with two attached hydrogens (primary N) is 1. The number of aromatic nitrogens is 1. The molecule has 0 saturated heterocycles. The number of nitrogens with one attached hydrogen (secondary N) is 2. The van der Waals surface area contributed by atoms with Crippen LogP contribution >= 0.6 is 0 Å². The molecule has 0 radical (unpaired) electrons. The number of nitrogen functional groups attached to an aromatic ring is 1. The first-order valence-electron chi connectivity index (χ1n) is 5.53. The Kier molecular flexibility index (Phi) is 3.72. The summed E-state index contributed by atoms with van der Waals surface area (Å²) in [5.74, 6) is -0.494. The minimum Gasteiger partial charge on any atom is -0.399 e. The van der Waals surface area contributed by atoms with Gasteiger partial charge in [0.2, 0.25) is 0 Å². The van der Waals surface area contributed by atoms with Gasteiger partial charge in [-0.3, -0.25) is 15.1 Å². The zero-order valence-corrected chi connectivity index (χ0v) is 9.96. The number of pyridine rings is 1. The van der Waals surface area contributed by atoms with Crippen molar-refractivity contribution in [3.8, 4) is 0 Å². The van der Waals surface area contributed by atoms with E-state index in [0.717, 1.165) is 0 Å². The van der Waals surface area contributed by atoms with Crippen LogP contribution in [0.25, 0.3) is 0 Å². The Bertz CT molecular complexity index is 581. The lowest BCUT2D eigenvalue weighted by atomic mass is 10.2. The van der Waals surface area contributed by atoms with Crippen LogP contribution in [0.3, 0.4) is 0 Å². The van der Waals surface area contributed by atoms with E-state index in [1.165, 1.54) is 12.4 Å². The first kappa shape index (κ1) is 12.6. The molecule has 19 heavy (non-hydrogen) atoms. The third kappa shape index (κ3) is 3.53. The van der Waals surface area contributed by atoms with Crippen LogP contribution in [0.5, 0.6) is 0 Å². The van der Waals surface area contributed by atoms with E-state index in [-0.39, 0.29) is 0 Å². The SMILES string of the molecule is Nc1ccc(C(=O)NC(=O)Nc2ccncc2)cc1. The molecule has 0 aliphatic rings. The summed E-state index contributed by atoms with van der Waals surface area (Å²) in [6, 6.07) is 8.91. The lowest BCUT2D eigenvalue weighted by Crippen LogP contribution is -2.34. The van der Waals surface area contributed by atoms with Crippen molar-refractivity contribution in [2.45, 2.75) is 0 Å². The number of benzene rings is 1. The van der Waals surface area contributed by atoms with Gasteiger partial charge in [0.15, 0.2) is 0 Å². The molecular formula is C13H12N4O2. The molecule has 0 fully saturated rings. The van der Waals surface area contributed by atoms with E-state index in [4.69, 9.17) is 5.73 Å². The van der Waals surface area contributed by atoms with Crippen LogP contribution in [-0.4, -0.2) is 16.9 Å². The van der Waals surface area contributed by atoms with E-state index in [1.807, 2.05) is 0 Å². The third-order valence-corrected chi connectivity index (χ3v) is 2.34. The van der Waals surface area contributed by atoms with Gasteiger partial charge in [-0.05, 0) is 36.4 Å². The second kappa shape index (κ2) is 5.63. The van der Waals surface area contributed by atoms with Gasteiger partial charge in [-0.25, -0.2) is 4.79 Å². The van der Waals surface area contributed by atoms with Gasteiger partial charge in [-0.1, -0.05) is 0 Å². The molecule has 6 nitrogen and oxygen atoms in total. The fourth-order valence-corrected chi connectivity index (χ4v) is 1.41. The highest BCUT2D eigenvalue weighted by Gasteiger charge is 2.09. The summed E-state index contributed by atoms with van der Waals surface area (Å²) in [7, 11) is 0. The summed E-state index contributed by atoms with van der Waals surface area (Å²) in [5.41, 5.74) is 6.98. The van der Waals surface area contributed by atoms with Crippen LogP contribution < -0.4 is 16.4 Å². The van der Waals surface area contributed by atoms with Crippen molar-refractivity contribution in [1.29, 1.82) is 0 Å². The van der Waals surface area contributed by atoms with E-state index < -0.39 is 11.9 Å². The lowest BCUT2D eigenvalue weighted by molar-refractivity contribution is 0.0967. The van der Waals surface area contributed by atoms with Crippen LogP contribution in [0.15, 0.2) is 48.8 Å². The first-order chi connectivity index (χ1) is 9.15. The number of nitrogens with zero attached hydrogens (tertiary/aromatic N) is 1. The number of urea groups is 1. The Labute approximate surface area is 109 Å². The van der Waals surface area contributed by atoms with E-state index in [9.17, 15) is 9.59 Å². The Morgan fingerprint density at radius 2 is 1.63 bits per heavy atom. The summed E-state index contributed by atoms with van der Waals surface area (Å²) in [6.45, 7) is 0. The average Bonchev–Trinajstić information content (AvgIpc) is 2.40. The van der Waals surface area contributed by atoms with Gasteiger partial charge in [0.1, 0.15) is 0 Å². The molecule has 1 aromatic carbocycles. The Hall–Kier alpha value is -2.89. The van der Waals surface area contributed by atoms with Crippen molar-refractivity contribution in [2.24, 2.45) is 0 Å². The van der Waals surface area contributed by atoms with Gasteiger partial charge in [0.25, 0.3) is 5.91 Å². The van der Waals surface area contributed by atoms with E-state index in [2.05, 4.69) is 15.6 Å². The fraction of sp³-hybridized carbons (Fsp3) is 0. The number of rotatable bonds is 2. The van der Waals surface area contributed by atoms with Gasteiger partial charge in [-0.2, -0.15) is 0 Å². The molecule has 1 aromatic heterocycles. The maximum atomic E-state index is 11.7. The topological polar surface area (TPSA) is 97.1 Å². The van der Waals surface area contributed by atoms with Gasteiger partial charge < -0.3 is 11.1 Å². The third-order valence-electron chi connectivity index (χ3n) is 2.34. The predicted octanol–water partition coefficient (Wildman–Crippen LogP) is 1.63. The van der Waals surface area contributed by atoms with Crippen LogP contribution in [0.1, 0.15) is 10.4 Å². The van der Waals surface area contributed by atoms with Crippen molar-refractivity contribution in [1.82, 2.24) is 10.3 Å². The van der Waals surface area contributed by atoms with Gasteiger partial charge in [0, 0.05) is 29.3 Å². The molecule has 6 heteroatoms. The summed E-state index contributed by atoms with van der Waals surface area (Å²) in [4.78, 5) is 27.1. The van der Waals surface area contributed by atoms with Crippen molar-refractivity contribution >= 4 is 23.3 Å². The van der Waals surface area contributed by atoms with E-state index in [1.54, 1.807) is 36.4 Å². The highest BCUT2D eigenvalue weighted by molar-refractivity contribution is 6.08. The molecule has 2 rings (SSSR count). The zero-order chi connectivity index (χ0) is 13.7. The standard InChI is InChI=1S/C13H12N4O2/c14-10-3-1-9(2-4-10)12(18)17-13(19)16-11-5-7-15-8-6-11/h1-8H,14H2,(H2,15,16,17,18,19). The van der Waals surface area contributed by atoms with Crippen molar-refractivity contribution in [3.05, 3.63) is 54.4 Å². The van der Waals surface area contributed by atoms with Gasteiger partial charge in [-0.15, -0.1) is 0 Å². The maximum Gasteiger partial charge on any atom is 0.326 e. The minimum atomic E-state index is -0.604. The summed E-state index contributed by atoms with van der Waals surface area (Å²) in [6.07, 6.45) is 3.08. The minimum absolute atomic E-state index is 0.360. The summed E-state index contributed by atoms with van der Waals surface area (Å²) < 4.78 is 0. The molecule has 96 valence electrons. The molecule has 1 heterocycles. The second-order valence-electron chi connectivity index (χ2n) is 3.77. The molecule has 0 bridgehead atoms. The van der Waals surface area contributed by atoms with Crippen LogP contribution in [0.4, 0.5) is 16.2 Å². The number of anilines is 2. The molecule has 2 aromatic rings. The smallest absolute Gasteiger partial charge is 0.326 e. The van der Waals surface area contributed by atoms with Crippen molar-refractivity contribution < 1.29 is 9.59 Å². The first-order valence-corrected chi connectivity index (χ1v) is 5.53. The number of hydrogen-bond donors (Lipinski definition) is 3. The number of hydrogen-bond acceptors (Lipinski definition) is 4. The monoisotopic (exact) mass is 256 g/mol. The van der Waals surface area contributed by atoms with Crippen LogP contribution in [-0.2, 0) is 0 Å². The van der Waals surface area contributed by atoms with E-state index >= 15 is 0 Å². The molecule has 0 atom stereocenters. The van der Waals surface area contributed by atoms with Crippen LogP contribution in [0.2, 0.25) is 0 Å². The highest BCUT2D eigenvalue weighted by Crippen LogP contribution is 2.06. The fourth-order valence-electron chi connectivity index (χ4n) is 1.41.